The first-order valence-electron chi connectivity index (χ1n) is 9.20. The molecular formula is C19H26N4O4. The van der Waals surface area contributed by atoms with Gasteiger partial charge in [0.15, 0.2) is 5.82 Å². The lowest BCUT2D eigenvalue weighted by atomic mass is 9.95. The molecule has 1 atom stereocenters. The highest BCUT2D eigenvalue weighted by atomic mass is 16.5. The van der Waals surface area contributed by atoms with E-state index >= 15 is 0 Å². The number of piperidine rings is 1. The van der Waals surface area contributed by atoms with Gasteiger partial charge < -0.3 is 24.2 Å². The van der Waals surface area contributed by atoms with Crippen molar-refractivity contribution in [2.24, 2.45) is 0 Å². The minimum absolute atomic E-state index is 0.0359. The van der Waals surface area contributed by atoms with Crippen molar-refractivity contribution >= 4 is 6.03 Å². The van der Waals surface area contributed by atoms with Crippen LogP contribution in [0.4, 0.5) is 4.79 Å². The Balaban J connectivity index is 1.62. The molecule has 1 aromatic heterocycles. The van der Waals surface area contributed by atoms with E-state index in [2.05, 4.69) is 15.5 Å². The largest absolute Gasteiger partial charge is 0.497 e. The standard InChI is InChI=1S/C19H26N4O4/c1-25-11-9-17-21-18(27-22-17)13-20-19(24)23-10-4-3-8-16(23)14-6-5-7-15(12-14)26-2/h5-7,12,16H,3-4,8-11,13H2,1-2H3,(H,20,24)/t16-/m0/s1. The maximum absolute atomic E-state index is 12.8. The summed E-state index contributed by atoms with van der Waals surface area (Å²) in [5.74, 6) is 1.77. The van der Waals surface area contributed by atoms with E-state index in [-0.39, 0.29) is 18.6 Å². The Kier molecular flexibility index (Phi) is 6.64. The first-order valence-corrected chi connectivity index (χ1v) is 9.20. The van der Waals surface area contributed by atoms with Crippen molar-refractivity contribution in [1.29, 1.82) is 0 Å². The summed E-state index contributed by atoms with van der Waals surface area (Å²) in [5, 5.41) is 6.78. The zero-order chi connectivity index (χ0) is 19.1. The van der Waals surface area contributed by atoms with E-state index in [1.54, 1.807) is 14.2 Å². The van der Waals surface area contributed by atoms with Gasteiger partial charge >= 0.3 is 6.03 Å². The van der Waals surface area contributed by atoms with Crippen LogP contribution in [-0.4, -0.2) is 48.4 Å². The SMILES string of the molecule is COCCc1noc(CNC(=O)N2CCCC[C@H]2c2cccc(OC)c2)n1. The van der Waals surface area contributed by atoms with E-state index in [0.717, 1.165) is 37.1 Å². The van der Waals surface area contributed by atoms with Crippen LogP contribution in [0.25, 0.3) is 0 Å². The summed E-state index contributed by atoms with van der Waals surface area (Å²) in [5.41, 5.74) is 1.09. The molecule has 0 bridgehead atoms. The molecule has 1 aliphatic heterocycles. The van der Waals surface area contributed by atoms with Crippen LogP contribution >= 0.6 is 0 Å². The zero-order valence-corrected chi connectivity index (χ0v) is 15.8. The number of hydrogen-bond acceptors (Lipinski definition) is 6. The molecule has 1 aliphatic rings. The van der Waals surface area contributed by atoms with Crippen molar-refractivity contribution in [2.45, 2.75) is 38.3 Å². The number of hydrogen-bond donors (Lipinski definition) is 1. The topological polar surface area (TPSA) is 89.7 Å². The van der Waals surface area contributed by atoms with Gasteiger partial charge in [0.25, 0.3) is 0 Å². The molecule has 2 aromatic rings. The van der Waals surface area contributed by atoms with Crippen LogP contribution in [0.1, 0.15) is 42.6 Å². The third kappa shape index (κ3) is 4.97. The fourth-order valence-electron chi connectivity index (χ4n) is 3.28. The van der Waals surface area contributed by atoms with Gasteiger partial charge in [0, 0.05) is 20.1 Å². The highest BCUT2D eigenvalue weighted by Gasteiger charge is 2.28. The molecule has 0 unspecified atom stereocenters. The Hall–Kier alpha value is -2.61. The van der Waals surface area contributed by atoms with Gasteiger partial charge in [-0.05, 0) is 37.0 Å². The summed E-state index contributed by atoms with van der Waals surface area (Å²) in [6.45, 7) is 1.46. The molecule has 0 aliphatic carbocycles. The Labute approximate surface area is 158 Å². The number of urea groups is 1. The molecule has 146 valence electrons. The van der Waals surface area contributed by atoms with Crippen molar-refractivity contribution in [2.75, 3.05) is 27.4 Å². The molecule has 1 saturated heterocycles. The third-order valence-electron chi connectivity index (χ3n) is 4.67. The number of amides is 2. The lowest BCUT2D eigenvalue weighted by molar-refractivity contribution is 0.150. The lowest BCUT2D eigenvalue weighted by Crippen LogP contribution is -2.44. The number of nitrogens with one attached hydrogen (secondary N) is 1. The molecule has 1 aromatic carbocycles. The van der Waals surface area contributed by atoms with Crippen molar-refractivity contribution in [3.63, 3.8) is 0 Å². The number of aromatic nitrogens is 2. The van der Waals surface area contributed by atoms with Gasteiger partial charge in [0.1, 0.15) is 5.75 Å². The lowest BCUT2D eigenvalue weighted by Gasteiger charge is -2.36. The Morgan fingerprint density at radius 2 is 2.26 bits per heavy atom. The maximum atomic E-state index is 12.8. The van der Waals surface area contributed by atoms with E-state index in [1.807, 2.05) is 29.2 Å². The molecule has 27 heavy (non-hydrogen) atoms. The molecule has 3 rings (SSSR count). The summed E-state index contributed by atoms with van der Waals surface area (Å²) in [4.78, 5) is 18.9. The summed E-state index contributed by atoms with van der Waals surface area (Å²) >= 11 is 0. The maximum Gasteiger partial charge on any atom is 0.318 e. The summed E-state index contributed by atoms with van der Waals surface area (Å²) in [7, 11) is 3.27. The summed E-state index contributed by atoms with van der Waals surface area (Å²) < 4.78 is 15.5. The monoisotopic (exact) mass is 374 g/mol. The molecule has 0 saturated carbocycles. The average molecular weight is 374 g/mol. The predicted octanol–water partition coefficient (Wildman–Crippen LogP) is 2.70. The number of likely N-dealkylation sites (tertiary alicyclic amines) is 1. The van der Waals surface area contributed by atoms with Gasteiger partial charge in [-0.1, -0.05) is 17.3 Å². The summed E-state index contributed by atoms with van der Waals surface area (Å²) in [6.07, 6.45) is 3.61. The molecule has 2 amide bonds. The molecule has 0 spiro atoms. The van der Waals surface area contributed by atoms with Crippen molar-refractivity contribution in [1.82, 2.24) is 20.4 Å². The Morgan fingerprint density at radius 3 is 3.07 bits per heavy atom. The first-order chi connectivity index (χ1) is 13.2. The number of nitrogens with zero attached hydrogens (tertiary/aromatic N) is 3. The molecular weight excluding hydrogens is 348 g/mol. The van der Waals surface area contributed by atoms with Gasteiger partial charge in [-0.2, -0.15) is 4.98 Å². The van der Waals surface area contributed by atoms with E-state index < -0.39 is 0 Å². The summed E-state index contributed by atoms with van der Waals surface area (Å²) in [6, 6.07) is 7.81. The van der Waals surface area contributed by atoms with Crippen molar-refractivity contribution in [3.8, 4) is 5.75 Å². The van der Waals surface area contributed by atoms with Crippen LogP contribution in [0, 0.1) is 0 Å². The number of benzene rings is 1. The van der Waals surface area contributed by atoms with Gasteiger partial charge in [0.05, 0.1) is 26.3 Å². The second kappa shape index (κ2) is 9.36. The molecule has 2 heterocycles. The second-order valence-corrected chi connectivity index (χ2v) is 6.49. The second-order valence-electron chi connectivity index (χ2n) is 6.49. The van der Waals surface area contributed by atoms with Crippen LogP contribution in [-0.2, 0) is 17.7 Å². The number of rotatable bonds is 7. The van der Waals surface area contributed by atoms with Crippen LogP contribution in [0.2, 0.25) is 0 Å². The molecule has 1 fully saturated rings. The fourth-order valence-corrected chi connectivity index (χ4v) is 3.28. The quantitative estimate of drug-likeness (QED) is 0.801. The molecule has 0 radical (unpaired) electrons. The van der Waals surface area contributed by atoms with Gasteiger partial charge in [0.2, 0.25) is 5.89 Å². The van der Waals surface area contributed by atoms with Crippen LogP contribution in [0.3, 0.4) is 0 Å². The van der Waals surface area contributed by atoms with E-state index in [1.165, 1.54) is 0 Å². The molecule has 8 heteroatoms. The van der Waals surface area contributed by atoms with E-state index in [9.17, 15) is 4.79 Å². The van der Waals surface area contributed by atoms with Gasteiger partial charge in [-0.3, -0.25) is 0 Å². The number of carbonyl (C=O) groups is 1. The highest BCUT2D eigenvalue weighted by molar-refractivity contribution is 5.74. The number of ether oxygens (including phenoxy) is 2. The normalized spacial score (nSPS) is 17.0. The highest BCUT2D eigenvalue weighted by Crippen LogP contribution is 2.32. The third-order valence-corrected chi connectivity index (χ3v) is 4.67. The van der Waals surface area contributed by atoms with Gasteiger partial charge in [-0.15, -0.1) is 0 Å². The number of carbonyl (C=O) groups excluding carboxylic acids is 1. The number of methoxy groups -OCH3 is 2. The van der Waals surface area contributed by atoms with E-state index in [4.69, 9.17) is 14.0 Å². The Morgan fingerprint density at radius 1 is 1.37 bits per heavy atom. The fraction of sp³-hybridized carbons (Fsp3) is 0.526. The first kappa shape index (κ1) is 19.2. The van der Waals surface area contributed by atoms with Crippen molar-refractivity contribution in [3.05, 3.63) is 41.5 Å². The van der Waals surface area contributed by atoms with E-state index in [0.29, 0.717) is 24.7 Å². The molecule has 8 nitrogen and oxygen atoms in total. The minimum Gasteiger partial charge on any atom is -0.497 e. The predicted molar refractivity (Wildman–Crippen MR) is 98.4 cm³/mol. The zero-order valence-electron chi connectivity index (χ0n) is 15.8. The van der Waals surface area contributed by atoms with Crippen LogP contribution in [0.5, 0.6) is 5.75 Å². The smallest absolute Gasteiger partial charge is 0.318 e. The van der Waals surface area contributed by atoms with Crippen LogP contribution in [0.15, 0.2) is 28.8 Å². The van der Waals surface area contributed by atoms with Crippen molar-refractivity contribution < 1.29 is 18.8 Å². The average Bonchev–Trinajstić information content (AvgIpc) is 3.18. The molecule has 1 N–H and O–H groups in total. The van der Waals surface area contributed by atoms with Gasteiger partial charge in [-0.25, -0.2) is 4.79 Å². The Bertz CT molecular complexity index is 749. The van der Waals surface area contributed by atoms with Crippen LogP contribution < -0.4 is 10.1 Å². The minimum atomic E-state index is -0.126.